The van der Waals surface area contributed by atoms with Gasteiger partial charge in [0.2, 0.25) is 0 Å². The smallest absolute Gasteiger partial charge is 0.127 e. The molecule has 21 heavy (non-hydrogen) atoms. The van der Waals surface area contributed by atoms with Crippen molar-refractivity contribution in [2.45, 2.75) is 11.8 Å². The van der Waals surface area contributed by atoms with Crippen LogP contribution in [0, 0.1) is 5.82 Å². The highest BCUT2D eigenvalue weighted by molar-refractivity contribution is 9.11. The SMILES string of the molecule is Fc1cc(Br)ccc1CC(CBr)(CBr)c1ccc(Br)cc1. The molecule has 112 valence electrons. The van der Waals surface area contributed by atoms with E-state index < -0.39 is 0 Å². The third-order valence-electron chi connectivity index (χ3n) is 3.51. The molecule has 0 N–H and O–H groups in total. The molecule has 0 saturated heterocycles. The largest absolute Gasteiger partial charge is 0.207 e. The van der Waals surface area contributed by atoms with Crippen molar-refractivity contribution < 1.29 is 4.39 Å². The summed E-state index contributed by atoms with van der Waals surface area (Å²) in [7, 11) is 0. The fraction of sp³-hybridized carbons (Fsp3) is 0.250. The fourth-order valence-electron chi connectivity index (χ4n) is 2.22. The number of alkyl halides is 2. The summed E-state index contributed by atoms with van der Waals surface area (Å²) in [5, 5.41) is 1.50. The summed E-state index contributed by atoms with van der Waals surface area (Å²) in [5.41, 5.74) is 1.72. The van der Waals surface area contributed by atoms with Crippen LogP contribution in [0.15, 0.2) is 51.4 Å². The first-order valence-corrected chi connectivity index (χ1v) is 10.2. The molecular formula is C16H13Br4F. The van der Waals surface area contributed by atoms with Crippen molar-refractivity contribution in [1.82, 2.24) is 0 Å². The van der Waals surface area contributed by atoms with E-state index in [-0.39, 0.29) is 11.2 Å². The van der Waals surface area contributed by atoms with Crippen molar-refractivity contribution in [3.63, 3.8) is 0 Å². The zero-order valence-electron chi connectivity index (χ0n) is 11.1. The van der Waals surface area contributed by atoms with Gasteiger partial charge < -0.3 is 0 Å². The zero-order chi connectivity index (χ0) is 15.5. The van der Waals surface area contributed by atoms with Crippen LogP contribution in [0.3, 0.4) is 0 Å². The lowest BCUT2D eigenvalue weighted by Crippen LogP contribution is -2.33. The van der Waals surface area contributed by atoms with Gasteiger partial charge in [-0.05, 0) is 41.8 Å². The van der Waals surface area contributed by atoms with Gasteiger partial charge in [-0.3, -0.25) is 0 Å². The van der Waals surface area contributed by atoms with Crippen LogP contribution in [-0.2, 0) is 11.8 Å². The van der Waals surface area contributed by atoms with Gasteiger partial charge >= 0.3 is 0 Å². The van der Waals surface area contributed by atoms with E-state index in [4.69, 9.17) is 0 Å². The first-order valence-electron chi connectivity index (χ1n) is 6.33. The maximum absolute atomic E-state index is 14.2. The maximum atomic E-state index is 14.2. The average Bonchev–Trinajstić information content (AvgIpc) is 2.48. The predicted molar refractivity (Wildman–Crippen MR) is 101 cm³/mol. The predicted octanol–water partition coefficient (Wildman–Crippen LogP) is 6.62. The third kappa shape index (κ3) is 4.18. The van der Waals surface area contributed by atoms with Crippen molar-refractivity contribution in [2.24, 2.45) is 0 Å². The normalized spacial score (nSPS) is 11.7. The minimum absolute atomic E-state index is 0.173. The quantitative estimate of drug-likeness (QED) is 0.372. The fourth-order valence-corrected chi connectivity index (χ4v) is 4.79. The second-order valence-corrected chi connectivity index (χ2v) is 7.92. The number of halogens is 5. The van der Waals surface area contributed by atoms with Crippen LogP contribution in [0.2, 0.25) is 0 Å². The van der Waals surface area contributed by atoms with E-state index in [2.05, 4.69) is 75.9 Å². The lowest BCUT2D eigenvalue weighted by molar-refractivity contribution is 0.522. The zero-order valence-corrected chi connectivity index (χ0v) is 17.4. The van der Waals surface area contributed by atoms with Crippen LogP contribution in [0.1, 0.15) is 11.1 Å². The molecule has 0 atom stereocenters. The van der Waals surface area contributed by atoms with Gasteiger partial charge in [0, 0.05) is 25.0 Å². The summed E-state index contributed by atoms with van der Waals surface area (Å²) in [5.74, 6) is -0.173. The summed E-state index contributed by atoms with van der Waals surface area (Å²) in [6.45, 7) is 0. The van der Waals surface area contributed by atoms with E-state index in [1.165, 1.54) is 11.6 Å². The second-order valence-electron chi connectivity index (χ2n) is 4.97. The third-order valence-corrected chi connectivity index (χ3v) is 6.68. The number of benzene rings is 2. The molecule has 0 aliphatic heterocycles. The molecule has 0 nitrogen and oxygen atoms in total. The monoisotopic (exact) mass is 540 g/mol. The van der Waals surface area contributed by atoms with Gasteiger partial charge in [0.15, 0.2) is 0 Å². The lowest BCUT2D eigenvalue weighted by Gasteiger charge is -2.31. The molecule has 0 heterocycles. The summed E-state index contributed by atoms with van der Waals surface area (Å²) >= 11 is 14.0. The van der Waals surface area contributed by atoms with Gasteiger partial charge in [-0.2, -0.15) is 0 Å². The lowest BCUT2D eigenvalue weighted by atomic mass is 9.79. The summed E-state index contributed by atoms with van der Waals surface area (Å²) in [6, 6.07) is 13.5. The van der Waals surface area contributed by atoms with E-state index >= 15 is 0 Å². The first kappa shape index (κ1) is 17.6. The van der Waals surface area contributed by atoms with E-state index in [1.807, 2.05) is 24.3 Å². The molecule has 0 bridgehead atoms. The molecule has 0 unspecified atom stereocenters. The molecule has 0 fully saturated rings. The van der Waals surface area contributed by atoms with Crippen LogP contribution < -0.4 is 0 Å². The van der Waals surface area contributed by atoms with Crippen molar-refractivity contribution in [2.75, 3.05) is 10.7 Å². The molecule has 2 aromatic carbocycles. The Kier molecular flexibility index (Phi) is 6.48. The highest BCUT2D eigenvalue weighted by Crippen LogP contribution is 2.34. The van der Waals surface area contributed by atoms with Gasteiger partial charge in [-0.15, -0.1) is 0 Å². The van der Waals surface area contributed by atoms with Gasteiger partial charge in [0.05, 0.1) is 0 Å². The Bertz CT molecular complexity index is 606. The van der Waals surface area contributed by atoms with Crippen molar-refractivity contribution in [3.8, 4) is 0 Å². The van der Waals surface area contributed by atoms with Gasteiger partial charge in [-0.25, -0.2) is 4.39 Å². The topological polar surface area (TPSA) is 0 Å². The van der Waals surface area contributed by atoms with E-state index in [1.54, 1.807) is 0 Å². The molecule has 2 aromatic rings. The van der Waals surface area contributed by atoms with Gasteiger partial charge in [-0.1, -0.05) is 81.9 Å². The minimum atomic E-state index is -0.185. The molecule has 0 saturated carbocycles. The molecule has 5 heteroatoms. The molecule has 0 amide bonds. The second kappa shape index (κ2) is 7.71. The average molecular weight is 544 g/mol. The maximum Gasteiger partial charge on any atom is 0.127 e. The number of hydrogen-bond acceptors (Lipinski definition) is 0. The summed E-state index contributed by atoms with van der Waals surface area (Å²) in [6.07, 6.45) is 0.629. The molecule has 0 aliphatic carbocycles. The Morgan fingerprint density at radius 2 is 1.43 bits per heavy atom. The Morgan fingerprint density at radius 3 is 1.95 bits per heavy atom. The minimum Gasteiger partial charge on any atom is -0.207 e. The van der Waals surface area contributed by atoms with Crippen LogP contribution in [-0.4, -0.2) is 10.7 Å². The standard InChI is InChI=1S/C16H13Br4F/c17-9-16(10-18,12-2-5-13(19)6-3-12)8-11-1-4-14(20)7-15(11)21/h1-7H,8-10H2. The van der Waals surface area contributed by atoms with Crippen LogP contribution in [0.5, 0.6) is 0 Å². The van der Waals surface area contributed by atoms with Crippen LogP contribution in [0.4, 0.5) is 4.39 Å². The highest BCUT2D eigenvalue weighted by atomic mass is 79.9. The number of rotatable bonds is 5. The molecule has 0 spiro atoms. The molecular weight excluding hydrogens is 531 g/mol. The number of hydrogen-bond donors (Lipinski definition) is 0. The summed E-state index contributed by atoms with van der Waals surface area (Å²) in [4.78, 5) is 0. The van der Waals surface area contributed by atoms with Crippen LogP contribution >= 0.6 is 63.7 Å². The van der Waals surface area contributed by atoms with Crippen molar-refractivity contribution in [1.29, 1.82) is 0 Å². The summed E-state index contributed by atoms with van der Waals surface area (Å²) < 4.78 is 16.0. The Labute approximate surface area is 158 Å². The Hall–Kier alpha value is 0.290. The first-order chi connectivity index (χ1) is 10.0. The van der Waals surface area contributed by atoms with Crippen LogP contribution in [0.25, 0.3) is 0 Å². The highest BCUT2D eigenvalue weighted by Gasteiger charge is 2.31. The molecule has 0 radical (unpaired) electrons. The van der Waals surface area contributed by atoms with Gasteiger partial charge in [0.25, 0.3) is 0 Å². The van der Waals surface area contributed by atoms with E-state index in [0.29, 0.717) is 6.42 Å². The Morgan fingerprint density at radius 1 is 0.857 bits per heavy atom. The molecule has 2 rings (SSSR count). The van der Waals surface area contributed by atoms with Crippen molar-refractivity contribution in [3.05, 3.63) is 68.4 Å². The van der Waals surface area contributed by atoms with E-state index in [0.717, 1.165) is 25.2 Å². The molecule has 0 aliphatic rings. The molecule has 0 aromatic heterocycles. The van der Waals surface area contributed by atoms with Crippen molar-refractivity contribution >= 4 is 63.7 Å². The van der Waals surface area contributed by atoms with Gasteiger partial charge in [0.1, 0.15) is 5.82 Å². The van der Waals surface area contributed by atoms with E-state index in [9.17, 15) is 4.39 Å². The Balaban J connectivity index is 2.40.